The molecule has 0 aliphatic carbocycles. The normalized spacial score (nSPS) is 10.2. The Hall–Kier alpha value is -4.10. The van der Waals surface area contributed by atoms with Crippen LogP contribution in [0.4, 0.5) is 11.4 Å². The first-order valence-corrected chi connectivity index (χ1v) is 14.1. The first-order valence-electron chi connectivity index (χ1n) is 11.6. The zero-order valence-electron chi connectivity index (χ0n) is 20.5. The van der Waals surface area contributed by atoms with Gasteiger partial charge >= 0.3 is 13.4 Å². The maximum Gasteiger partial charge on any atom is 0.569 e. The topological polar surface area (TPSA) is 116 Å². The highest BCUT2D eigenvalue weighted by atomic mass is 79.9. The van der Waals surface area contributed by atoms with Gasteiger partial charge in [0.2, 0.25) is 0 Å². The predicted octanol–water partition coefficient (Wildman–Crippen LogP) is 8.64. The Morgan fingerprint density at radius 1 is 0.675 bits per heavy atom. The SMILES string of the molecule is Brc1cccc2ccsc12.O=[N+]([O-])c1ccccc1-c1cccc2ccsc12.O=[N+]([O-])c1ccccc1O[B]O. The summed E-state index contributed by atoms with van der Waals surface area (Å²) in [5, 5.41) is 36.2. The van der Waals surface area contributed by atoms with E-state index in [1.165, 1.54) is 32.8 Å². The number of rotatable bonds is 5. The van der Waals surface area contributed by atoms with Crippen LogP contribution in [0.15, 0.2) is 112 Å². The Balaban J connectivity index is 0.000000147. The Bertz CT molecular complexity index is 1770. The van der Waals surface area contributed by atoms with Crippen LogP contribution in [0.3, 0.4) is 0 Å². The molecule has 1 radical (unpaired) electrons. The third-order valence-corrected chi connectivity index (χ3v) is 8.39. The third-order valence-electron chi connectivity index (χ3n) is 5.54. The largest absolute Gasteiger partial charge is 0.569 e. The average molecular weight is 634 g/mol. The summed E-state index contributed by atoms with van der Waals surface area (Å²) in [7, 11) is 0.405. The third kappa shape index (κ3) is 6.91. The minimum absolute atomic E-state index is 0.0185. The quantitative estimate of drug-likeness (QED) is 0.115. The zero-order valence-corrected chi connectivity index (χ0v) is 23.8. The van der Waals surface area contributed by atoms with Crippen LogP contribution in [0.25, 0.3) is 31.3 Å². The van der Waals surface area contributed by atoms with Gasteiger partial charge in [-0.25, -0.2) is 0 Å². The number of nitro groups is 2. The first-order chi connectivity index (χ1) is 19.4. The highest BCUT2D eigenvalue weighted by Gasteiger charge is 2.16. The Kier molecular flexibility index (Phi) is 9.98. The van der Waals surface area contributed by atoms with E-state index in [9.17, 15) is 20.2 Å². The number of fused-ring (bicyclic) bond motifs is 2. The molecule has 1 N–H and O–H groups in total. The van der Waals surface area contributed by atoms with Crippen molar-refractivity contribution in [3.05, 3.63) is 133 Å². The molecule has 2 heterocycles. The maximum absolute atomic E-state index is 11.1. The number of hydrogen-bond donors (Lipinski definition) is 1. The summed E-state index contributed by atoms with van der Waals surface area (Å²) in [4.78, 5) is 20.5. The van der Waals surface area contributed by atoms with Crippen molar-refractivity contribution in [3.8, 4) is 16.9 Å². The van der Waals surface area contributed by atoms with Crippen molar-refractivity contribution >= 4 is 77.8 Å². The lowest BCUT2D eigenvalue weighted by Gasteiger charge is -2.04. The smallest absolute Gasteiger partial charge is 0.533 e. The van der Waals surface area contributed by atoms with Crippen molar-refractivity contribution in [3.63, 3.8) is 0 Å². The molecule has 0 amide bonds. The second-order valence-corrected chi connectivity index (χ2v) is 10.6. The van der Waals surface area contributed by atoms with Crippen LogP contribution in [-0.2, 0) is 0 Å². The van der Waals surface area contributed by atoms with Gasteiger partial charge in [0.25, 0.3) is 5.69 Å². The number of hydrogen-bond acceptors (Lipinski definition) is 8. The van der Waals surface area contributed by atoms with Crippen molar-refractivity contribution in [1.29, 1.82) is 0 Å². The summed E-state index contributed by atoms with van der Waals surface area (Å²) < 4.78 is 8.11. The summed E-state index contributed by atoms with van der Waals surface area (Å²) in [6.07, 6.45) is 0. The lowest BCUT2D eigenvalue weighted by Crippen LogP contribution is -2.02. The highest BCUT2D eigenvalue weighted by molar-refractivity contribution is 9.10. The van der Waals surface area contributed by atoms with Gasteiger partial charge in [0, 0.05) is 31.6 Å². The van der Waals surface area contributed by atoms with Crippen LogP contribution in [0.1, 0.15) is 0 Å². The molecule has 0 spiro atoms. The van der Waals surface area contributed by atoms with E-state index in [0.29, 0.717) is 13.2 Å². The molecule has 12 heteroatoms. The molecule has 6 aromatic rings. The van der Waals surface area contributed by atoms with E-state index < -0.39 is 4.92 Å². The van der Waals surface area contributed by atoms with Gasteiger partial charge < -0.3 is 9.68 Å². The van der Waals surface area contributed by atoms with Crippen LogP contribution in [0.2, 0.25) is 0 Å². The molecule has 2 aromatic heterocycles. The number of thiophene rings is 2. The van der Waals surface area contributed by atoms with Gasteiger partial charge in [0.05, 0.1) is 15.4 Å². The molecule has 0 saturated heterocycles. The molecule has 4 aromatic carbocycles. The number of nitro benzene ring substituents is 2. The van der Waals surface area contributed by atoms with Crippen molar-refractivity contribution in [1.82, 2.24) is 0 Å². The van der Waals surface area contributed by atoms with Gasteiger partial charge in [0.15, 0.2) is 5.75 Å². The molecule has 0 bridgehead atoms. The van der Waals surface area contributed by atoms with Crippen molar-refractivity contribution < 1.29 is 19.5 Å². The van der Waals surface area contributed by atoms with E-state index in [1.807, 2.05) is 35.7 Å². The Morgan fingerprint density at radius 3 is 1.88 bits per heavy atom. The number of benzene rings is 4. The van der Waals surface area contributed by atoms with Gasteiger partial charge in [0.1, 0.15) is 0 Å². The molecule has 8 nitrogen and oxygen atoms in total. The number of nitrogens with zero attached hydrogens (tertiary/aromatic N) is 2. The van der Waals surface area contributed by atoms with Crippen LogP contribution in [-0.4, -0.2) is 22.6 Å². The van der Waals surface area contributed by atoms with Crippen LogP contribution >= 0.6 is 38.6 Å². The fourth-order valence-corrected chi connectivity index (χ4v) is 6.18. The van der Waals surface area contributed by atoms with Crippen LogP contribution in [0.5, 0.6) is 5.75 Å². The molecule has 0 aliphatic heterocycles. The van der Waals surface area contributed by atoms with E-state index in [0.717, 1.165) is 15.6 Å². The minimum atomic E-state index is -0.584. The minimum Gasteiger partial charge on any atom is -0.533 e. The van der Waals surface area contributed by atoms with E-state index in [1.54, 1.807) is 46.9 Å². The van der Waals surface area contributed by atoms with E-state index in [2.05, 4.69) is 50.2 Å². The average Bonchev–Trinajstić information content (AvgIpc) is 3.65. The fourth-order valence-electron chi connectivity index (χ4n) is 3.79. The molecule has 6 rings (SSSR count). The van der Waals surface area contributed by atoms with E-state index in [4.69, 9.17) is 5.02 Å². The monoisotopic (exact) mass is 633 g/mol. The predicted molar refractivity (Wildman–Crippen MR) is 165 cm³/mol. The molecule has 0 atom stereocenters. The van der Waals surface area contributed by atoms with Gasteiger partial charge in [-0.2, -0.15) is 0 Å². The summed E-state index contributed by atoms with van der Waals surface area (Å²) >= 11 is 6.86. The lowest BCUT2D eigenvalue weighted by molar-refractivity contribution is -0.385. The molecule has 0 fully saturated rings. The summed E-state index contributed by atoms with van der Waals surface area (Å²) in [6, 6.07) is 28.9. The van der Waals surface area contributed by atoms with Crippen molar-refractivity contribution in [2.75, 3.05) is 0 Å². The highest BCUT2D eigenvalue weighted by Crippen LogP contribution is 2.37. The summed E-state index contributed by atoms with van der Waals surface area (Å²) in [5.41, 5.74) is 1.58. The van der Waals surface area contributed by atoms with Gasteiger partial charge in [-0.1, -0.05) is 54.6 Å². The van der Waals surface area contributed by atoms with Crippen molar-refractivity contribution in [2.45, 2.75) is 0 Å². The second kappa shape index (κ2) is 13.8. The number of halogens is 1. The standard InChI is InChI=1S/C14H9NO2S.C8H5BrS.C6H5BNO4/c16-15(17)13-7-2-1-5-11(13)12-6-3-4-10-8-9-18-14(10)12;9-7-3-1-2-6-4-5-10-8(6)7;9-7-12-6-4-2-1-3-5(6)8(10)11/h1-9H;1-5H;1-4,9H. The lowest BCUT2D eigenvalue weighted by atomic mass is 10.0. The first kappa shape index (κ1) is 28.9. The second-order valence-electron chi connectivity index (χ2n) is 7.95. The summed E-state index contributed by atoms with van der Waals surface area (Å²) in [6.45, 7) is 0. The molecular formula is C28H19BBrN2O6S2. The van der Waals surface area contributed by atoms with Gasteiger partial charge in [-0.05, 0) is 67.8 Å². The molecule has 0 saturated carbocycles. The van der Waals surface area contributed by atoms with Crippen molar-refractivity contribution in [2.24, 2.45) is 0 Å². The Morgan fingerprint density at radius 2 is 1.23 bits per heavy atom. The maximum atomic E-state index is 11.1. The molecule has 40 heavy (non-hydrogen) atoms. The van der Waals surface area contributed by atoms with Gasteiger partial charge in [-0.3, -0.25) is 20.2 Å². The fraction of sp³-hybridized carbons (Fsp3) is 0. The van der Waals surface area contributed by atoms with Crippen LogP contribution in [0, 0.1) is 20.2 Å². The number of para-hydroxylation sites is 3. The van der Waals surface area contributed by atoms with Gasteiger partial charge in [-0.15, -0.1) is 22.7 Å². The molecule has 199 valence electrons. The Labute approximate surface area is 245 Å². The molecule has 0 aliphatic rings. The van der Waals surface area contributed by atoms with Crippen LogP contribution < -0.4 is 4.65 Å². The van der Waals surface area contributed by atoms with E-state index >= 15 is 0 Å². The molecular weight excluding hydrogens is 615 g/mol. The van der Waals surface area contributed by atoms with E-state index in [-0.39, 0.29) is 22.0 Å². The zero-order chi connectivity index (χ0) is 28.5. The summed E-state index contributed by atoms with van der Waals surface area (Å²) in [5.74, 6) is 0.0185. The molecule has 0 unspecified atom stereocenters.